The molecule has 2 heterocycles. The van der Waals surface area contributed by atoms with E-state index in [1.165, 1.54) is 6.20 Å². The lowest BCUT2D eigenvalue weighted by molar-refractivity contribution is 0.102. The van der Waals surface area contributed by atoms with Gasteiger partial charge in [0.05, 0.1) is 24.1 Å². The van der Waals surface area contributed by atoms with Crippen molar-refractivity contribution < 1.29 is 9.53 Å². The minimum Gasteiger partial charge on any atom is -0.497 e. The molecule has 6 nitrogen and oxygen atoms in total. The second-order valence-electron chi connectivity index (χ2n) is 7.09. The molecule has 1 amide bonds. The highest BCUT2D eigenvalue weighted by molar-refractivity contribution is 6.34. The molecule has 0 bridgehead atoms. The molecule has 0 radical (unpaired) electrons. The summed E-state index contributed by atoms with van der Waals surface area (Å²) < 4.78 is 6.81. The van der Waals surface area contributed by atoms with Crippen molar-refractivity contribution in [2.75, 3.05) is 12.4 Å². The van der Waals surface area contributed by atoms with E-state index in [9.17, 15) is 4.79 Å². The Morgan fingerprint density at radius 3 is 2.69 bits per heavy atom. The van der Waals surface area contributed by atoms with Crippen LogP contribution in [0.4, 0.5) is 5.69 Å². The summed E-state index contributed by atoms with van der Waals surface area (Å²) in [5.74, 6) is 0.399. The number of benzene rings is 1. The van der Waals surface area contributed by atoms with E-state index < -0.39 is 0 Å². The summed E-state index contributed by atoms with van der Waals surface area (Å²) >= 11 is 6.45. The largest absolute Gasteiger partial charge is 0.497 e. The van der Waals surface area contributed by atoms with Crippen molar-refractivity contribution in [3.63, 3.8) is 0 Å². The third-order valence-electron chi connectivity index (χ3n) is 4.11. The van der Waals surface area contributed by atoms with Crippen LogP contribution in [-0.4, -0.2) is 27.6 Å². The molecule has 0 atom stereocenters. The fraction of sp³-hybridized carbons (Fsp3) is 0.316. The summed E-state index contributed by atoms with van der Waals surface area (Å²) in [5, 5.41) is 7.95. The average molecular weight is 373 g/mol. The number of rotatable bonds is 3. The van der Waals surface area contributed by atoms with Crippen LogP contribution in [0.15, 0.2) is 30.5 Å². The van der Waals surface area contributed by atoms with Gasteiger partial charge in [0, 0.05) is 23.4 Å². The topological polar surface area (TPSA) is 68.5 Å². The fourth-order valence-electron chi connectivity index (χ4n) is 2.67. The maximum Gasteiger partial charge on any atom is 0.259 e. The van der Waals surface area contributed by atoms with Crippen molar-refractivity contribution >= 4 is 28.8 Å². The van der Waals surface area contributed by atoms with E-state index in [0.717, 1.165) is 5.69 Å². The smallest absolute Gasteiger partial charge is 0.259 e. The zero-order valence-electron chi connectivity index (χ0n) is 15.4. The highest BCUT2D eigenvalue weighted by Gasteiger charge is 2.25. The van der Waals surface area contributed by atoms with Gasteiger partial charge in [0.15, 0.2) is 5.65 Å². The Bertz CT molecular complexity index is 989. The third kappa shape index (κ3) is 3.24. The first-order valence-electron chi connectivity index (χ1n) is 8.22. The van der Waals surface area contributed by atoms with Gasteiger partial charge in [-0.1, -0.05) is 38.4 Å². The molecule has 1 N–H and O–H groups in total. The molecule has 7 heteroatoms. The lowest BCUT2D eigenvalue weighted by atomic mass is 9.92. The summed E-state index contributed by atoms with van der Waals surface area (Å²) in [6.07, 6.45) is 1.53. The molecule has 0 aliphatic rings. The molecule has 136 valence electrons. The predicted molar refractivity (Wildman–Crippen MR) is 102 cm³/mol. The van der Waals surface area contributed by atoms with Crippen LogP contribution in [0.25, 0.3) is 5.65 Å². The minimum atomic E-state index is -0.269. The Kier molecular flexibility index (Phi) is 4.63. The molecule has 3 rings (SSSR count). The SMILES string of the molecule is COc1cccc(NC(=O)c2cnc3c(Cl)c(C(C)(C)C)nn3c2C)c1. The van der Waals surface area contributed by atoms with E-state index in [1.807, 2.05) is 39.8 Å². The van der Waals surface area contributed by atoms with Crippen LogP contribution in [0.3, 0.4) is 0 Å². The van der Waals surface area contributed by atoms with Gasteiger partial charge >= 0.3 is 0 Å². The minimum absolute atomic E-state index is 0.222. The maximum absolute atomic E-state index is 12.7. The molecule has 0 saturated heterocycles. The lowest BCUT2D eigenvalue weighted by Crippen LogP contribution is -2.16. The highest BCUT2D eigenvalue weighted by Crippen LogP contribution is 2.31. The second-order valence-corrected chi connectivity index (χ2v) is 7.47. The Hall–Kier alpha value is -2.60. The number of anilines is 1. The Morgan fingerprint density at radius 1 is 1.31 bits per heavy atom. The van der Waals surface area contributed by atoms with E-state index in [-0.39, 0.29) is 11.3 Å². The molecule has 2 aromatic heterocycles. The number of fused-ring (bicyclic) bond motifs is 1. The molecule has 0 saturated carbocycles. The first-order chi connectivity index (χ1) is 12.2. The van der Waals surface area contributed by atoms with E-state index in [4.69, 9.17) is 16.3 Å². The van der Waals surface area contributed by atoms with Crippen LogP contribution >= 0.6 is 11.6 Å². The number of ether oxygens (including phenoxy) is 1. The number of methoxy groups -OCH3 is 1. The molecular formula is C19H21ClN4O2. The number of aromatic nitrogens is 3. The highest BCUT2D eigenvalue weighted by atomic mass is 35.5. The molecule has 0 aliphatic heterocycles. The van der Waals surface area contributed by atoms with Gasteiger partial charge in [0.1, 0.15) is 10.8 Å². The van der Waals surface area contributed by atoms with Crippen molar-refractivity contribution in [1.29, 1.82) is 0 Å². The number of halogens is 1. The number of aryl methyl sites for hydroxylation is 1. The van der Waals surface area contributed by atoms with Crippen LogP contribution in [0, 0.1) is 6.92 Å². The van der Waals surface area contributed by atoms with Crippen LogP contribution in [0.1, 0.15) is 42.5 Å². The Morgan fingerprint density at radius 2 is 2.04 bits per heavy atom. The normalized spacial score (nSPS) is 11.6. The molecule has 3 aromatic rings. The molecular weight excluding hydrogens is 352 g/mol. The zero-order chi connectivity index (χ0) is 19.1. The predicted octanol–water partition coefficient (Wildman–Crippen LogP) is 4.25. The van der Waals surface area contributed by atoms with E-state index in [0.29, 0.717) is 33.4 Å². The molecule has 0 aliphatic carbocycles. The first-order valence-corrected chi connectivity index (χ1v) is 8.60. The second kappa shape index (κ2) is 6.61. The van der Waals surface area contributed by atoms with Crippen molar-refractivity contribution in [3.8, 4) is 5.75 Å². The quantitative estimate of drug-likeness (QED) is 0.746. The lowest BCUT2D eigenvalue weighted by Gasteiger charge is -2.14. The number of hydrogen-bond acceptors (Lipinski definition) is 4. The summed E-state index contributed by atoms with van der Waals surface area (Å²) in [7, 11) is 1.58. The van der Waals surface area contributed by atoms with Gasteiger partial charge in [-0.2, -0.15) is 5.10 Å². The number of carbonyl (C=O) groups excluding carboxylic acids is 1. The van der Waals surface area contributed by atoms with Gasteiger partial charge in [-0.05, 0) is 19.1 Å². The zero-order valence-corrected chi connectivity index (χ0v) is 16.2. The van der Waals surface area contributed by atoms with Gasteiger partial charge < -0.3 is 10.1 Å². The van der Waals surface area contributed by atoms with Crippen LogP contribution in [-0.2, 0) is 5.41 Å². The molecule has 0 unspecified atom stereocenters. The van der Waals surface area contributed by atoms with Crippen LogP contribution < -0.4 is 10.1 Å². The summed E-state index contributed by atoms with van der Waals surface area (Å²) in [5.41, 5.74) is 2.82. The van der Waals surface area contributed by atoms with E-state index >= 15 is 0 Å². The molecule has 0 spiro atoms. The molecule has 26 heavy (non-hydrogen) atoms. The van der Waals surface area contributed by atoms with Gasteiger partial charge in [-0.15, -0.1) is 0 Å². The molecule has 0 fully saturated rings. The number of amides is 1. The fourth-order valence-corrected chi connectivity index (χ4v) is 3.12. The van der Waals surface area contributed by atoms with E-state index in [2.05, 4.69) is 15.4 Å². The van der Waals surface area contributed by atoms with Crippen LogP contribution in [0.5, 0.6) is 5.75 Å². The van der Waals surface area contributed by atoms with Crippen molar-refractivity contribution in [1.82, 2.24) is 14.6 Å². The Labute approximate surface area is 157 Å². The number of nitrogens with one attached hydrogen (secondary N) is 1. The molecule has 1 aromatic carbocycles. The van der Waals surface area contributed by atoms with Crippen LogP contribution in [0.2, 0.25) is 5.02 Å². The van der Waals surface area contributed by atoms with Gasteiger partial charge in [-0.3, -0.25) is 4.79 Å². The maximum atomic E-state index is 12.7. The van der Waals surface area contributed by atoms with Gasteiger partial charge in [0.25, 0.3) is 5.91 Å². The van der Waals surface area contributed by atoms with E-state index in [1.54, 1.807) is 23.8 Å². The standard InChI is InChI=1S/C19H21ClN4O2/c1-11-14(18(25)22-12-7-6-8-13(9-12)26-5)10-21-17-15(20)16(19(2,3)4)23-24(11)17/h6-10H,1-5H3,(H,22,25). The number of nitrogens with zero attached hydrogens (tertiary/aromatic N) is 3. The number of hydrogen-bond donors (Lipinski definition) is 1. The third-order valence-corrected chi connectivity index (χ3v) is 4.46. The van der Waals surface area contributed by atoms with Crippen molar-refractivity contribution in [2.24, 2.45) is 0 Å². The average Bonchev–Trinajstić information content (AvgIpc) is 2.93. The number of carbonyl (C=O) groups is 1. The monoisotopic (exact) mass is 372 g/mol. The summed E-state index contributed by atoms with van der Waals surface area (Å²) in [4.78, 5) is 17.1. The van der Waals surface area contributed by atoms with Crippen molar-refractivity contribution in [2.45, 2.75) is 33.1 Å². The first kappa shape index (κ1) is 18.2. The Balaban J connectivity index is 2.00. The summed E-state index contributed by atoms with van der Waals surface area (Å²) in [6.45, 7) is 7.93. The summed E-state index contributed by atoms with van der Waals surface area (Å²) in [6, 6.07) is 7.17. The van der Waals surface area contributed by atoms with Gasteiger partial charge in [-0.25, -0.2) is 9.50 Å². The van der Waals surface area contributed by atoms with Gasteiger partial charge in [0.2, 0.25) is 0 Å². The van der Waals surface area contributed by atoms with Crippen molar-refractivity contribution in [3.05, 3.63) is 52.4 Å².